The predicted octanol–water partition coefficient (Wildman–Crippen LogP) is 0.0430. The molecule has 0 bridgehead atoms. The van der Waals surface area contributed by atoms with Crippen LogP contribution < -0.4 is 11.2 Å². The first-order valence-electron chi connectivity index (χ1n) is 4.64. The van der Waals surface area contributed by atoms with E-state index in [-0.39, 0.29) is 11.0 Å². The first-order chi connectivity index (χ1) is 8.08. The van der Waals surface area contributed by atoms with E-state index < -0.39 is 0 Å². The lowest BCUT2D eigenvalue weighted by Gasteiger charge is -2.17. The van der Waals surface area contributed by atoms with Crippen LogP contribution in [0, 0.1) is 0 Å². The Hall–Kier alpha value is -2.22. The van der Waals surface area contributed by atoms with Crippen molar-refractivity contribution < 1.29 is 9.42 Å². The SMILES string of the molecule is CN(NC(=O)c1ccc2nonc2c1)C(N)=S. The molecule has 8 heteroatoms. The van der Waals surface area contributed by atoms with Gasteiger partial charge in [-0.1, -0.05) is 0 Å². The number of thiocarbonyl (C=S) groups is 1. The topological polar surface area (TPSA) is 97.3 Å². The molecule has 88 valence electrons. The molecule has 2 rings (SSSR count). The lowest BCUT2D eigenvalue weighted by atomic mass is 10.2. The van der Waals surface area contributed by atoms with E-state index in [4.69, 9.17) is 18.0 Å². The molecule has 0 saturated heterocycles. The Morgan fingerprint density at radius 2 is 2.18 bits per heavy atom. The van der Waals surface area contributed by atoms with E-state index in [0.717, 1.165) is 0 Å². The third-order valence-electron chi connectivity index (χ3n) is 2.12. The Bertz CT molecular complexity index is 582. The highest BCUT2D eigenvalue weighted by Gasteiger charge is 2.10. The van der Waals surface area contributed by atoms with Crippen molar-refractivity contribution in [3.8, 4) is 0 Å². The summed E-state index contributed by atoms with van der Waals surface area (Å²) in [5.74, 6) is -0.342. The molecule has 0 atom stereocenters. The number of carbonyl (C=O) groups is 1. The molecule has 0 saturated carbocycles. The van der Waals surface area contributed by atoms with E-state index in [2.05, 4.69) is 20.4 Å². The molecule has 1 aromatic heterocycles. The van der Waals surface area contributed by atoms with Crippen LogP contribution >= 0.6 is 12.2 Å². The van der Waals surface area contributed by atoms with Gasteiger partial charge in [-0.3, -0.25) is 15.2 Å². The van der Waals surface area contributed by atoms with Gasteiger partial charge in [0.2, 0.25) is 0 Å². The highest BCUT2D eigenvalue weighted by atomic mass is 32.1. The quantitative estimate of drug-likeness (QED) is 0.545. The summed E-state index contributed by atoms with van der Waals surface area (Å²) < 4.78 is 4.54. The summed E-state index contributed by atoms with van der Waals surface area (Å²) in [5, 5.41) is 8.61. The van der Waals surface area contributed by atoms with Crippen molar-refractivity contribution in [2.75, 3.05) is 7.05 Å². The zero-order chi connectivity index (χ0) is 12.4. The van der Waals surface area contributed by atoms with Crippen LogP contribution in [0.1, 0.15) is 10.4 Å². The summed E-state index contributed by atoms with van der Waals surface area (Å²) in [5.41, 5.74) is 9.35. The lowest BCUT2D eigenvalue weighted by molar-refractivity contribution is 0.0888. The number of hydrogen-bond acceptors (Lipinski definition) is 5. The van der Waals surface area contributed by atoms with Gasteiger partial charge in [-0.25, -0.2) is 4.63 Å². The number of carbonyl (C=O) groups excluding carboxylic acids is 1. The predicted molar refractivity (Wildman–Crippen MR) is 63.8 cm³/mol. The third kappa shape index (κ3) is 2.31. The van der Waals surface area contributed by atoms with Crippen LogP contribution in [0.15, 0.2) is 22.8 Å². The maximum absolute atomic E-state index is 11.8. The molecule has 17 heavy (non-hydrogen) atoms. The van der Waals surface area contributed by atoms with Crippen LogP contribution in [0.3, 0.4) is 0 Å². The molecule has 1 amide bonds. The Morgan fingerprint density at radius 3 is 2.88 bits per heavy atom. The molecule has 0 spiro atoms. The lowest BCUT2D eigenvalue weighted by Crippen LogP contribution is -2.45. The average Bonchev–Trinajstić information content (AvgIpc) is 2.75. The number of rotatable bonds is 1. The maximum Gasteiger partial charge on any atom is 0.269 e. The zero-order valence-corrected chi connectivity index (χ0v) is 9.69. The number of nitrogens with zero attached hydrogens (tertiary/aromatic N) is 3. The van der Waals surface area contributed by atoms with Gasteiger partial charge in [-0.05, 0) is 40.7 Å². The van der Waals surface area contributed by atoms with Gasteiger partial charge in [0.1, 0.15) is 11.0 Å². The fourth-order valence-corrected chi connectivity index (χ4v) is 1.24. The van der Waals surface area contributed by atoms with Gasteiger partial charge in [0.25, 0.3) is 5.91 Å². The van der Waals surface area contributed by atoms with Crippen molar-refractivity contribution in [2.45, 2.75) is 0 Å². The molecule has 0 aliphatic carbocycles. The second kappa shape index (κ2) is 4.34. The van der Waals surface area contributed by atoms with Gasteiger partial charge < -0.3 is 5.73 Å². The van der Waals surface area contributed by atoms with E-state index >= 15 is 0 Å². The van der Waals surface area contributed by atoms with Crippen molar-refractivity contribution in [3.05, 3.63) is 23.8 Å². The standard InChI is InChI=1S/C9H9N5O2S/c1-14(9(10)17)11-8(15)5-2-3-6-7(4-5)13-16-12-6/h2-4H,1H3,(H2,10,17)(H,11,15). The molecular weight excluding hydrogens is 242 g/mol. The number of aromatic nitrogens is 2. The van der Waals surface area contributed by atoms with Crippen molar-refractivity contribution in [1.29, 1.82) is 0 Å². The van der Waals surface area contributed by atoms with E-state index in [1.54, 1.807) is 25.2 Å². The van der Waals surface area contributed by atoms with Crippen molar-refractivity contribution >= 4 is 34.3 Å². The van der Waals surface area contributed by atoms with E-state index in [9.17, 15) is 4.79 Å². The van der Waals surface area contributed by atoms with Crippen LogP contribution in [-0.2, 0) is 0 Å². The van der Waals surface area contributed by atoms with Crippen LogP contribution in [0.2, 0.25) is 0 Å². The molecule has 1 aromatic carbocycles. The minimum absolute atomic E-state index is 0.0718. The first-order valence-corrected chi connectivity index (χ1v) is 5.05. The minimum atomic E-state index is -0.342. The number of amides is 1. The number of nitrogens with two attached hydrogens (primary N) is 1. The Morgan fingerprint density at radius 1 is 1.47 bits per heavy atom. The minimum Gasteiger partial charge on any atom is -0.375 e. The van der Waals surface area contributed by atoms with Gasteiger partial charge in [0.15, 0.2) is 5.11 Å². The van der Waals surface area contributed by atoms with E-state index in [1.165, 1.54) is 5.01 Å². The molecule has 1 heterocycles. The Balaban J connectivity index is 2.21. The van der Waals surface area contributed by atoms with Gasteiger partial charge in [0, 0.05) is 12.6 Å². The summed E-state index contributed by atoms with van der Waals surface area (Å²) in [4.78, 5) is 11.8. The second-order valence-corrected chi connectivity index (χ2v) is 3.72. The van der Waals surface area contributed by atoms with Gasteiger partial charge in [0.05, 0.1) is 0 Å². The average molecular weight is 251 g/mol. The number of benzene rings is 1. The van der Waals surface area contributed by atoms with Gasteiger partial charge >= 0.3 is 0 Å². The smallest absolute Gasteiger partial charge is 0.269 e. The molecule has 0 aliphatic rings. The summed E-state index contributed by atoms with van der Waals surface area (Å²) >= 11 is 4.70. The maximum atomic E-state index is 11.8. The summed E-state index contributed by atoms with van der Waals surface area (Å²) in [7, 11) is 1.55. The molecule has 2 aromatic rings. The van der Waals surface area contributed by atoms with E-state index in [0.29, 0.717) is 16.6 Å². The Kier molecular flexibility index (Phi) is 2.88. The van der Waals surface area contributed by atoms with Crippen molar-refractivity contribution in [2.24, 2.45) is 5.73 Å². The second-order valence-electron chi connectivity index (χ2n) is 3.31. The largest absolute Gasteiger partial charge is 0.375 e. The summed E-state index contributed by atoms with van der Waals surface area (Å²) in [6.07, 6.45) is 0. The number of nitrogens with one attached hydrogen (secondary N) is 1. The van der Waals surface area contributed by atoms with Crippen LogP contribution in [0.4, 0.5) is 0 Å². The molecule has 0 radical (unpaired) electrons. The molecule has 3 N–H and O–H groups in total. The molecule has 0 unspecified atom stereocenters. The fraction of sp³-hybridized carbons (Fsp3) is 0.111. The molecule has 0 fully saturated rings. The van der Waals surface area contributed by atoms with Crippen LogP contribution in [0.25, 0.3) is 11.0 Å². The summed E-state index contributed by atoms with van der Waals surface area (Å²) in [6.45, 7) is 0. The zero-order valence-electron chi connectivity index (χ0n) is 8.88. The monoisotopic (exact) mass is 251 g/mol. The number of hydrazine groups is 1. The molecule has 7 nitrogen and oxygen atoms in total. The Labute approximate surface area is 101 Å². The molecule has 0 aliphatic heterocycles. The first kappa shape index (κ1) is 11.3. The van der Waals surface area contributed by atoms with Crippen LogP contribution in [0.5, 0.6) is 0 Å². The van der Waals surface area contributed by atoms with E-state index in [1.807, 2.05) is 0 Å². The number of fused-ring (bicyclic) bond motifs is 1. The van der Waals surface area contributed by atoms with Crippen molar-refractivity contribution in [3.63, 3.8) is 0 Å². The highest BCUT2D eigenvalue weighted by molar-refractivity contribution is 7.80. The molecular formula is C9H9N5O2S. The third-order valence-corrected chi connectivity index (χ3v) is 2.39. The fourth-order valence-electron chi connectivity index (χ4n) is 1.20. The summed E-state index contributed by atoms with van der Waals surface area (Å²) in [6, 6.07) is 4.81. The van der Waals surface area contributed by atoms with Crippen LogP contribution in [-0.4, -0.2) is 33.4 Å². The number of hydrogen-bond donors (Lipinski definition) is 2. The van der Waals surface area contributed by atoms with Gasteiger partial charge in [-0.15, -0.1) is 0 Å². The van der Waals surface area contributed by atoms with Crippen molar-refractivity contribution in [1.82, 2.24) is 20.7 Å². The van der Waals surface area contributed by atoms with Gasteiger partial charge in [-0.2, -0.15) is 0 Å². The highest BCUT2D eigenvalue weighted by Crippen LogP contribution is 2.11. The normalized spacial score (nSPS) is 10.2.